The Morgan fingerprint density at radius 2 is 1.90 bits per heavy atom. The number of fused-ring (bicyclic) bond motifs is 1. The molecular formula is C23H31NO4S2. The van der Waals surface area contributed by atoms with E-state index >= 15 is 0 Å². The lowest BCUT2D eigenvalue weighted by atomic mass is 9.88. The highest BCUT2D eigenvalue weighted by Crippen LogP contribution is 2.45. The maximum absolute atomic E-state index is 11.8. The highest BCUT2D eigenvalue weighted by atomic mass is 32.2. The topological polar surface area (TPSA) is 64.6 Å². The fourth-order valence-corrected chi connectivity index (χ4v) is 5.74. The number of unbranched alkanes of at least 4 members (excludes halogenated alkanes) is 1. The number of thioether (sulfide) groups is 1. The van der Waals surface area contributed by atoms with E-state index in [9.17, 15) is 8.42 Å². The molecule has 0 spiro atoms. The van der Waals surface area contributed by atoms with Crippen LogP contribution in [0.2, 0.25) is 0 Å². The van der Waals surface area contributed by atoms with Gasteiger partial charge in [0.2, 0.25) is 0 Å². The number of benzene rings is 2. The molecule has 1 aliphatic heterocycles. The highest BCUT2D eigenvalue weighted by Gasteiger charge is 2.36. The van der Waals surface area contributed by atoms with Gasteiger partial charge in [-0.3, -0.25) is 5.32 Å². The minimum Gasteiger partial charge on any atom is -0.493 e. The summed E-state index contributed by atoms with van der Waals surface area (Å²) in [4.78, 5) is 1.02. The molecule has 0 saturated carbocycles. The Morgan fingerprint density at radius 3 is 2.50 bits per heavy atom. The molecule has 3 rings (SSSR count). The maximum Gasteiger partial charge on any atom is 0.306 e. The maximum atomic E-state index is 11.8. The van der Waals surface area contributed by atoms with E-state index in [2.05, 4.69) is 31.3 Å². The lowest BCUT2D eigenvalue weighted by Crippen LogP contribution is -2.48. The van der Waals surface area contributed by atoms with Gasteiger partial charge in [-0.1, -0.05) is 57.0 Å². The van der Waals surface area contributed by atoms with Crippen molar-refractivity contribution in [3.8, 4) is 11.5 Å². The molecule has 7 heteroatoms. The smallest absolute Gasteiger partial charge is 0.306 e. The summed E-state index contributed by atoms with van der Waals surface area (Å²) in [5, 5.41) is 3.97. The van der Waals surface area contributed by atoms with Crippen molar-refractivity contribution < 1.29 is 17.3 Å². The van der Waals surface area contributed by atoms with Crippen molar-refractivity contribution in [3.63, 3.8) is 0 Å². The van der Waals surface area contributed by atoms with Gasteiger partial charge in [-0.05, 0) is 36.1 Å². The van der Waals surface area contributed by atoms with Crippen molar-refractivity contribution in [1.82, 2.24) is 5.32 Å². The first-order valence-electron chi connectivity index (χ1n) is 10.4. The molecule has 2 aromatic rings. The van der Waals surface area contributed by atoms with Gasteiger partial charge in [-0.25, -0.2) is 0 Å². The third kappa shape index (κ3) is 5.31. The molecule has 2 aromatic carbocycles. The molecular weight excluding hydrogens is 418 g/mol. The Balaban J connectivity index is 2.13. The van der Waals surface area contributed by atoms with Gasteiger partial charge >= 0.3 is 10.1 Å². The monoisotopic (exact) mass is 449 g/mol. The molecule has 164 valence electrons. The van der Waals surface area contributed by atoms with Crippen molar-refractivity contribution in [1.29, 1.82) is 0 Å². The van der Waals surface area contributed by atoms with Gasteiger partial charge in [-0.15, -0.1) is 11.8 Å². The molecule has 0 saturated heterocycles. The van der Waals surface area contributed by atoms with E-state index < -0.39 is 10.1 Å². The summed E-state index contributed by atoms with van der Waals surface area (Å²) < 4.78 is 34.2. The molecule has 0 bridgehead atoms. The van der Waals surface area contributed by atoms with Crippen LogP contribution in [0.15, 0.2) is 47.4 Å². The van der Waals surface area contributed by atoms with Gasteiger partial charge in [0.15, 0.2) is 11.5 Å². The second kappa shape index (κ2) is 9.62. The summed E-state index contributed by atoms with van der Waals surface area (Å²) in [6, 6.07) is 14.1. The van der Waals surface area contributed by atoms with E-state index in [4.69, 9.17) is 8.92 Å². The van der Waals surface area contributed by atoms with Crippen LogP contribution in [0, 0.1) is 0 Å². The van der Waals surface area contributed by atoms with E-state index in [1.807, 2.05) is 30.3 Å². The molecule has 1 heterocycles. The van der Waals surface area contributed by atoms with Crippen LogP contribution < -0.4 is 14.2 Å². The number of hydrogen-bond acceptors (Lipinski definition) is 6. The molecule has 0 unspecified atom stereocenters. The second-order valence-electron chi connectivity index (χ2n) is 7.84. The van der Waals surface area contributed by atoms with Crippen molar-refractivity contribution in [2.45, 2.75) is 56.0 Å². The van der Waals surface area contributed by atoms with Crippen LogP contribution in [0.3, 0.4) is 0 Å². The van der Waals surface area contributed by atoms with Gasteiger partial charge in [0.05, 0.1) is 19.4 Å². The molecule has 30 heavy (non-hydrogen) atoms. The molecule has 0 aliphatic carbocycles. The highest BCUT2D eigenvalue weighted by molar-refractivity contribution is 7.99. The van der Waals surface area contributed by atoms with Crippen LogP contribution in [-0.4, -0.2) is 33.1 Å². The van der Waals surface area contributed by atoms with Gasteiger partial charge < -0.3 is 8.92 Å². The summed E-state index contributed by atoms with van der Waals surface area (Å²) >= 11 is 1.76. The lowest BCUT2D eigenvalue weighted by molar-refractivity contribution is 0.297. The first-order chi connectivity index (χ1) is 14.3. The van der Waals surface area contributed by atoms with Crippen molar-refractivity contribution in [2.24, 2.45) is 0 Å². The Morgan fingerprint density at radius 1 is 1.17 bits per heavy atom. The number of nitrogens with one attached hydrogen (secondary N) is 1. The second-order valence-corrected chi connectivity index (χ2v) is 10.4. The van der Waals surface area contributed by atoms with Crippen LogP contribution in [0.25, 0.3) is 0 Å². The Labute approximate surface area is 184 Å². The zero-order valence-electron chi connectivity index (χ0n) is 18.1. The Kier molecular flexibility index (Phi) is 7.37. The molecule has 5 nitrogen and oxygen atoms in total. The summed E-state index contributed by atoms with van der Waals surface area (Å²) in [6.45, 7) is 4.45. The molecule has 2 atom stereocenters. The van der Waals surface area contributed by atoms with E-state index in [1.54, 1.807) is 11.8 Å². The zero-order chi connectivity index (χ0) is 21.8. The molecule has 0 amide bonds. The predicted molar refractivity (Wildman–Crippen MR) is 123 cm³/mol. The fraction of sp³-hybridized carbons (Fsp3) is 0.478. The van der Waals surface area contributed by atoms with Crippen LogP contribution in [0.4, 0.5) is 0 Å². The minimum absolute atomic E-state index is 0.00864. The number of ether oxygens (including phenoxy) is 1. The van der Waals surface area contributed by atoms with Gasteiger partial charge in [-0.2, -0.15) is 8.42 Å². The van der Waals surface area contributed by atoms with E-state index in [0.29, 0.717) is 5.75 Å². The molecule has 0 fully saturated rings. The first-order valence-corrected chi connectivity index (χ1v) is 13.2. The Bertz CT molecular complexity index is 963. The van der Waals surface area contributed by atoms with Crippen LogP contribution in [0.5, 0.6) is 11.5 Å². The summed E-state index contributed by atoms with van der Waals surface area (Å²) in [7, 11) is -2.12. The quantitative estimate of drug-likeness (QED) is 0.562. The summed E-state index contributed by atoms with van der Waals surface area (Å²) in [5.41, 5.74) is 2.25. The molecule has 1 aliphatic rings. The van der Waals surface area contributed by atoms with Gasteiger partial charge in [0, 0.05) is 16.2 Å². The van der Waals surface area contributed by atoms with Crippen molar-refractivity contribution in [2.75, 3.05) is 19.1 Å². The summed E-state index contributed by atoms with van der Waals surface area (Å²) in [6.07, 6.45) is 5.46. The van der Waals surface area contributed by atoms with Crippen LogP contribution in [0.1, 0.15) is 56.7 Å². The molecule has 0 radical (unpaired) electrons. The lowest BCUT2D eigenvalue weighted by Gasteiger charge is -2.36. The molecule has 0 aromatic heterocycles. The number of hydrogen-bond donors (Lipinski definition) is 1. The SMILES string of the molecule is CCCC[C@]1(CC)CSc2cc(OS(C)(=O)=O)c(OC)cc2[C@@H](c2ccccc2)N1. The van der Waals surface area contributed by atoms with Crippen molar-refractivity contribution >= 4 is 21.9 Å². The third-order valence-corrected chi connectivity index (χ3v) is 7.47. The number of methoxy groups -OCH3 is 1. The third-order valence-electron chi connectivity index (χ3n) is 5.62. The fourth-order valence-electron chi connectivity index (χ4n) is 3.89. The number of rotatable bonds is 8. The normalized spacial score (nSPS) is 21.5. The first kappa shape index (κ1) is 23.0. The van der Waals surface area contributed by atoms with E-state index in [-0.39, 0.29) is 17.3 Å². The minimum atomic E-state index is -3.66. The van der Waals surface area contributed by atoms with E-state index in [1.165, 1.54) is 12.7 Å². The van der Waals surface area contributed by atoms with Crippen molar-refractivity contribution in [3.05, 3.63) is 53.6 Å². The van der Waals surface area contributed by atoms with Crippen LogP contribution >= 0.6 is 11.8 Å². The van der Waals surface area contributed by atoms with Gasteiger partial charge in [0.25, 0.3) is 0 Å². The Hall–Kier alpha value is -1.70. The van der Waals surface area contributed by atoms with Crippen LogP contribution in [-0.2, 0) is 10.1 Å². The standard InChI is InChI=1S/C23H31NO4S2/c1-5-7-13-23(6-2)16-29-21-15-20(28-30(4,25)26)19(27-3)14-18(21)22(24-23)17-11-9-8-10-12-17/h8-12,14-15,22,24H,5-7,13,16H2,1-4H3/t22-,23-/m1/s1. The average molecular weight is 450 g/mol. The zero-order valence-corrected chi connectivity index (χ0v) is 19.7. The summed E-state index contributed by atoms with van der Waals surface area (Å²) in [5.74, 6) is 1.56. The van der Waals surface area contributed by atoms with Gasteiger partial charge in [0.1, 0.15) is 0 Å². The average Bonchev–Trinajstić information content (AvgIpc) is 2.88. The molecule has 1 N–H and O–H groups in total. The van der Waals surface area contributed by atoms with E-state index in [0.717, 1.165) is 48.2 Å². The largest absolute Gasteiger partial charge is 0.493 e. The predicted octanol–water partition coefficient (Wildman–Crippen LogP) is 5.16.